The second-order valence-corrected chi connectivity index (χ2v) is 8.92. The van der Waals surface area contributed by atoms with Crippen LogP contribution in [0.4, 0.5) is 5.95 Å². The molecule has 9 nitrogen and oxygen atoms in total. The number of nitrogens with one attached hydrogen (secondary N) is 1. The SMILES string of the molecule is COc1ccc(-c2cn(-c3ccc(OC)cc3)c(NC(=O)CN(Cc3ccccc3)C(=O)c3ccco3)n2)cc1. The number of nitrogens with zero attached hydrogens (tertiary/aromatic N) is 3. The monoisotopic (exact) mass is 536 g/mol. The number of ether oxygens (including phenoxy) is 2. The van der Waals surface area contributed by atoms with Gasteiger partial charge in [-0.2, -0.15) is 0 Å². The van der Waals surface area contributed by atoms with Gasteiger partial charge in [0.2, 0.25) is 11.9 Å². The maximum absolute atomic E-state index is 13.4. The Balaban J connectivity index is 1.43. The first-order valence-electron chi connectivity index (χ1n) is 12.6. The Kier molecular flexibility index (Phi) is 7.92. The van der Waals surface area contributed by atoms with E-state index in [0.717, 1.165) is 22.6 Å². The number of rotatable bonds is 10. The quantitative estimate of drug-likeness (QED) is 0.256. The Morgan fingerprint density at radius 1 is 0.875 bits per heavy atom. The summed E-state index contributed by atoms with van der Waals surface area (Å²) in [6.07, 6.45) is 3.27. The lowest BCUT2D eigenvalue weighted by molar-refractivity contribution is -0.117. The van der Waals surface area contributed by atoms with Gasteiger partial charge in [0.1, 0.15) is 18.0 Å². The highest BCUT2D eigenvalue weighted by molar-refractivity contribution is 5.97. The molecule has 0 saturated carbocycles. The third-order valence-electron chi connectivity index (χ3n) is 6.26. The van der Waals surface area contributed by atoms with Gasteiger partial charge in [-0.25, -0.2) is 4.98 Å². The Bertz CT molecular complexity index is 1560. The molecule has 1 N–H and O–H groups in total. The van der Waals surface area contributed by atoms with Crippen molar-refractivity contribution in [3.63, 3.8) is 0 Å². The fourth-order valence-electron chi connectivity index (χ4n) is 4.21. The number of benzene rings is 3. The van der Waals surface area contributed by atoms with Crippen molar-refractivity contribution < 1.29 is 23.5 Å². The average Bonchev–Trinajstić information content (AvgIpc) is 3.68. The number of hydrogen-bond donors (Lipinski definition) is 1. The van der Waals surface area contributed by atoms with E-state index in [0.29, 0.717) is 17.4 Å². The molecular weight excluding hydrogens is 508 g/mol. The fraction of sp³-hybridized carbons (Fsp3) is 0.129. The zero-order valence-electron chi connectivity index (χ0n) is 22.1. The lowest BCUT2D eigenvalue weighted by atomic mass is 10.1. The van der Waals surface area contributed by atoms with Crippen LogP contribution in [0, 0.1) is 0 Å². The third-order valence-corrected chi connectivity index (χ3v) is 6.26. The lowest BCUT2D eigenvalue weighted by Gasteiger charge is -2.21. The highest BCUT2D eigenvalue weighted by atomic mass is 16.5. The van der Waals surface area contributed by atoms with Crippen LogP contribution in [-0.2, 0) is 11.3 Å². The molecule has 202 valence electrons. The maximum atomic E-state index is 13.4. The minimum atomic E-state index is -0.405. The van der Waals surface area contributed by atoms with E-state index in [2.05, 4.69) is 5.32 Å². The van der Waals surface area contributed by atoms with Gasteiger partial charge in [-0.1, -0.05) is 30.3 Å². The van der Waals surface area contributed by atoms with E-state index in [1.165, 1.54) is 11.2 Å². The number of furan rings is 1. The molecule has 0 bridgehead atoms. The van der Waals surface area contributed by atoms with Gasteiger partial charge in [-0.15, -0.1) is 0 Å². The second-order valence-electron chi connectivity index (χ2n) is 8.92. The van der Waals surface area contributed by atoms with Crippen LogP contribution in [0.2, 0.25) is 0 Å². The second kappa shape index (κ2) is 12.0. The Morgan fingerprint density at radius 3 is 2.17 bits per heavy atom. The first-order valence-corrected chi connectivity index (χ1v) is 12.6. The number of carbonyl (C=O) groups is 2. The van der Waals surface area contributed by atoms with Gasteiger partial charge in [0, 0.05) is 24.0 Å². The Hall–Kier alpha value is -5.31. The summed E-state index contributed by atoms with van der Waals surface area (Å²) in [5.74, 6) is 1.11. The van der Waals surface area contributed by atoms with E-state index in [9.17, 15) is 9.59 Å². The largest absolute Gasteiger partial charge is 0.497 e. The van der Waals surface area contributed by atoms with Crippen LogP contribution in [0.1, 0.15) is 16.1 Å². The molecule has 5 aromatic rings. The van der Waals surface area contributed by atoms with E-state index in [1.54, 1.807) is 30.9 Å². The molecule has 9 heteroatoms. The predicted molar refractivity (Wildman–Crippen MR) is 151 cm³/mol. The van der Waals surface area contributed by atoms with E-state index in [4.69, 9.17) is 18.9 Å². The van der Waals surface area contributed by atoms with E-state index < -0.39 is 5.91 Å². The van der Waals surface area contributed by atoms with Crippen LogP contribution >= 0.6 is 0 Å². The molecule has 2 aromatic heterocycles. The molecule has 0 atom stereocenters. The molecule has 0 aliphatic heterocycles. The molecule has 0 aliphatic rings. The van der Waals surface area contributed by atoms with E-state index in [-0.39, 0.29) is 24.8 Å². The van der Waals surface area contributed by atoms with Crippen LogP contribution < -0.4 is 14.8 Å². The van der Waals surface area contributed by atoms with Gasteiger partial charge in [0.25, 0.3) is 5.91 Å². The van der Waals surface area contributed by atoms with Crippen molar-refractivity contribution in [2.24, 2.45) is 0 Å². The molecule has 0 aliphatic carbocycles. The van der Waals surface area contributed by atoms with Crippen molar-refractivity contribution in [2.75, 3.05) is 26.1 Å². The van der Waals surface area contributed by atoms with Gasteiger partial charge in [0.15, 0.2) is 5.76 Å². The molecule has 3 aromatic carbocycles. The molecule has 0 radical (unpaired) electrons. The first kappa shape index (κ1) is 26.3. The van der Waals surface area contributed by atoms with E-state index >= 15 is 0 Å². The minimum Gasteiger partial charge on any atom is -0.497 e. The number of anilines is 1. The number of amides is 2. The van der Waals surface area contributed by atoms with Gasteiger partial charge < -0.3 is 18.8 Å². The number of hydrogen-bond acceptors (Lipinski definition) is 6. The average molecular weight is 537 g/mol. The zero-order chi connectivity index (χ0) is 27.9. The normalized spacial score (nSPS) is 10.7. The van der Waals surface area contributed by atoms with Crippen molar-refractivity contribution in [2.45, 2.75) is 6.54 Å². The third kappa shape index (κ3) is 6.05. The van der Waals surface area contributed by atoms with Crippen molar-refractivity contribution in [1.29, 1.82) is 0 Å². The number of carbonyl (C=O) groups excluding carboxylic acids is 2. The summed E-state index contributed by atoms with van der Waals surface area (Å²) in [5.41, 5.74) is 3.16. The summed E-state index contributed by atoms with van der Waals surface area (Å²) in [6.45, 7) is 0.0274. The van der Waals surface area contributed by atoms with Crippen LogP contribution in [-0.4, -0.2) is 47.0 Å². The summed E-state index contributed by atoms with van der Waals surface area (Å²) in [4.78, 5) is 32.7. The van der Waals surface area contributed by atoms with Crippen LogP contribution in [0.3, 0.4) is 0 Å². The van der Waals surface area contributed by atoms with Crippen molar-refractivity contribution in [3.05, 3.63) is 115 Å². The number of imidazole rings is 1. The smallest absolute Gasteiger partial charge is 0.290 e. The molecule has 2 amide bonds. The van der Waals surface area contributed by atoms with Crippen LogP contribution in [0.5, 0.6) is 11.5 Å². The summed E-state index contributed by atoms with van der Waals surface area (Å²) in [7, 11) is 3.21. The Morgan fingerprint density at radius 2 is 1.55 bits per heavy atom. The molecule has 5 rings (SSSR count). The zero-order valence-corrected chi connectivity index (χ0v) is 22.1. The minimum absolute atomic E-state index is 0.158. The lowest BCUT2D eigenvalue weighted by Crippen LogP contribution is -2.37. The standard InChI is InChI=1S/C31H28N4O5/c1-38-25-14-10-23(11-15-25)27-20-35(24-12-16-26(39-2)17-13-24)31(32-27)33-29(36)21-34(19-22-7-4-3-5-8-22)30(37)28-9-6-18-40-28/h3-18,20H,19,21H2,1-2H3,(H,32,33,36). The summed E-state index contributed by atoms with van der Waals surface area (Å²) >= 11 is 0. The van der Waals surface area contributed by atoms with Gasteiger partial charge in [-0.3, -0.25) is 19.5 Å². The molecule has 40 heavy (non-hydrogen) atoms. The first-order chi connectivity index (χ1) is 19.5. The van der Waals surface area contributed by atoms with Crippen LogP contribution in [0.25, 0.3) is 16.9 Å². The molecule has 2 heterocycles. The highest BCUT2D eigenvalue weighted by Crippen LogP contribution is 2.27. The van der Waals surface area contributed by atoms with E-state index in [1.807, 2.05) is 85.1 Å². The molecular formula is C31H28N4O5. The summed E-state index contributed by atoms with van der Waals surface area (Å²) in [5, 5.41) is 2.90. The van der Waals surface area contributed by atoms with Gasteiger partial charge in [-0.05, 0) is 66.2 Å². The number of methoxy groups -OCH3 is 2. The Labute approximate surface area is 231 Å². The summed E-state index contributed by atoms with van der Waals surface area (Å²) in [6, 6.07) is 27.6. The molecule has 0 spiro atoms. The molecule has 0 fully saturated rings. The van der Waals surface area contributed by atoms with Crippen molar-refractivity contribution >= 4 is 17.8 Å². The topological polar surface area (TPSA) is 98.8 Å². The fourth-order valence-corrected chi connectivity index (χ4v) is 4.21. The van der Waals surface area contributed by atoms with Crippen molar-refractivity contribution in [1.82, 2.24) is 14.5 Å². The number of aromatic nitrogens is 2. The molecule has 0 unspecified atom stereocenters. The molecule has 0 saturated heterocycles. The maximum Gasteiger partial charge on any atom is 0.290 e. The van der Waals surface area contributed by atoms with Gasteiger partial charge in [0.05, 0.1) is 26.2 Å². The van der Waals surface area contributed by atoms with Crippen LogP contribution in [0.15, 0.2) is 108 Å². The summed E-state index contributed by atoms with van der Waals surface area (Å²) < 4.78 is 17.7. The van der Waals surface area contributed by atoms with Gasteiger partial charge >= 0.3 is 0 Å². The van der Waals surface area contributed by atoms with Crippen molar-refractivity contribution in [3.8, 4) is 28.4 Å². The highest BCUT2D eigenvalue weighted by Gasteiger charge is 2.23. The predicted octanol–water partition coefficient (Wildman–Crippen LogP) is 5.43.